The predicted octanol–water partition coefficient (Wildman–Crippen LogP) is 6.22. The van der Waals surface area contributed by atoms with Crippen LogP contribution in [0.4, 0.5) is 5.69 Å². The summed E-state index contributed by atoms with van der Waals surface area (Å²) in [6.07, 6.45) is 6.62. The topological polar surface area (TPSA) is 80.5 Å². The zero-order valence-corrected chi connectivity index (χ0v) is 20.9. The molecule has 1 aliphatic carbocycles. The summed E-state index contributed by atoms with van der Waals surface area (Å²) in [6.45, 7) is 2.10. The first-order valence-corrected chi connectivity index (χ1v) is 12.9. The summed E-state index contributed by atoms with van der Waals surface area (Å²) in [4.78, 5) is 19.5. The Bertz CT molecular complexity index is 1150. The highest BCUT2D eigenvalue weighted by Crippen LogP contribution is 2.29. The van der Waals surface area contributed by atoms with Crippen molar-refractivity contribution in [3.63, 3.8) is 0 Å². The van der Waals surface area contributed by atoms with E-state index in [1.165, 1.54) is 12.8 Å². The molecule has 0 atom stereocenters. The monoisotopic (exact) mass is 514 g/mol. The second-order valence-electron chi connectivity index (χ2n) is 9.22. The molecule has 2 heterocycles. The number of carbonyl (C=O) groups is 1. The number of amides is 1. The van der Waals surface area contributed by atoms with Crippen LogP contribution >= 0.6 is 23.2 Å². The fraction of sp³-hybridized carbons (Fsp3) is 0.423. The second-order valence-corrected chi connectivity index (χ2v) is 10.1. The van der Waals surface area contributed by atoms with Gasteiger partial charge in [-0.05, 0) is 94.1 Å². The minimum Gasteiger partial charge on any atom is -0.490 e. The Morgan fingerprint density at radius 1 is 1.06 bits per heavy atom. The van der Waals surface area contributed by atoms with Crippen LogP contribution in [0.3, 0.4) is 0 Å². The molecule has 0 bridgehead atoms. The first kappa shape index (κ1) is 24.1. The fourth-order valence-electron chi connectivity index (χ4n) is 4.70. The van der Waals surface area contributed by atoms with Gasteiger partial charge in [-0.15, -0.1) is 0 Å². The number of aromatic nitrogens is 2. The van der Waals surface area contributed by atoms with Crippen molar-refractivity contribution in [1.82, 2.24) is 15.0 Å². The molecule has 2 fully saturated rings. The second kappa shape index (κ2) is 11.0. The molecule has 3 aromatic rings. The van der Waals surface area contributed by atoms with Crippen LogP contribution in [0.2, 0.25) is 10.0 Å². The number of rotatable bonds is 7. The van der Waals surface area contributed by atoms with Crippen LogP contribution in [-0.2, 0) is 11.3 Å². The van der Waals surface area contributed by atoms with E-state index >= 15 is 0 Å². The molecule has 1 N–H and O–H groups in total. The van der Waals surface area contributed by atoms with Gasteiger partial charge < -0.3 is 14.6 Å². The molecule has 1 aliphatic heterocycles. The van der Waals surface area contributed by atoms with E-state index in [4.69, 9.17) is 32.5 Å². The molecule has 0 spiro atoms. The summed E-state index contributed by atoms with van der Waals surface area (Å²) in [5.41, 5.74) is 1.48. The van der Waals surface area contributed by atoms with Crippen LogP contribution in [-0.4, -0.2) is 40.1 Å². The predicted molar refractivity (Wildman–Crippen MR) is 136 cm³/mol. The van der Waals surface area contributed by atoms with Gasteiger partial charge in [-0.25, -0.2) is 0 Å². The maximum Gasteiger partial charge on any atom is 0.241 e. The summed E-state index contributed by atoms with van der Waals surface area (Å²) < 4.78 is 11.4. The lowest BCUT2D eigenvalue weighted by molar-refractivity contribution is -0.121. The summed E-state index contributed by atoms with van der Waals surface area (Å²) in [5.74, 6) is 1.87. The standard InChI is InChI=1S/C26H28Cl2N4O3/c27-18-5-10-22(23(28)15-18)25-30-24(35-31-25)16-32-13-11-17(12-14-32)26(33)29-19-6-8-21(9-7-19)34-20-3-1-2-4-20/h5-10,15,17,20H,1-4,11-14,16H2,(H,29,33). The Hall–Kier alpha value is -2.61. The number of halogens is 2. The van der Waals surface area contributed by atoms with Crippen molar-refractivity contribution in [2.75, 3.05) is 18.4 Å². The van der Waals surface area contributed by atoms with Gasteiger partial charge in [0.25, 0.3) is 0 Å². The number of anilines is 1. The number of ether oxygens (including phenoxy) is 1. The third kappa shape index (κ3) is 6.15. The summed E-state index contributed by atoms with van der Waals surface area (Å²) in [7, 11) is 0. The van der Waals surface area contributed by atoms with Crippen LogP contribution in [0.25, 0.3) is 11.4 Å². The molecule has 9 heteroatoms. The van der Waals surface area contributed by atoms with Gasteiger partial charge in [-0.2, -0.15) is 4.98 Å². The Morgan fingerprint density at radius 2 is 1.80 bits per heavy atom. The fourth-order valence-corrected chi connectivity index (χ4v) is 5.20. The van der Waals surface area contributed by atoms with Gasteiger partial charge in [0.1, 0.15) is 5.75 Å². The van der Waals surface area contributed by atoms with Crippen LogP contribution in [0.5, 0.6) is 5.75 Å². The summed E-state index contributed by atoms with van der Waals surface area (Å²) in [6, 6.07) is 12.9. The molecule has 35 heavy (non-hydrogen) atoms. The van der Waals surface area contributed by atoms with E-state index in [-0.39, 0.29) is 11.8 Å². The van der Waals surface area contributed by atoms with Gasteiger partial charge in [0.05, 0.1) is 17.7 Å². The minimum absolute atomic E-state index is 0.0215. The van der Waals surface area contributed by atoms with Crippen molar-refractivity contribution in [1.29, 1.82) is 0 Å². The number of carbonyl (C=O) groups excluding carboxylic acids is 1. The molecule has 2 aliphatic rings. The van der Waals surface area contributed by atoms with Gasteiger partial charge in [-0.3, -0.25) is 9.69 Å². The molecule has 0 unspecified atom stereocenters. The van der Waals surface area contributed by atoms with Crippen molar-refractivity contribution in [2.45, 2.75) is 51.2 Å². The van der Waals surface area contributed by atoms with E-state index < -0.39 is 0 Å². The number of hydrogen-bond acceptors (Lipinski definition) is 6. The first-order chi connectivity index (χ1) is 17.0. The van der Waals surface area contributed by atoms with E-state index in [0.29, 0.717) is 40.0 Å². The molecular formula is C26H28Cl2N4O3. The van der Waals surface area contributed by atoms with E-state index in [1.54, 1.807) is 18.2 Å². The zero-order valence-electron chi connectivity index (χ0n) is 19.4. The average molecular weight is 515 g/mol. The third-order valence-electron chi connectivity index (χ3n) is 6.68. The van der Waals surface area contributed by atoms with Gasteiger partial charge in [0.2, 0.25) is 17.6 Å². The smallest absolute Gasteiger partial charge is 0.241 e. The molecule has 1 saturated carbocycles. The molecule has 1 saturated heterocycles. The number of piperidine rings is 1. The van der Waals surface area contributed by atoms with Gasteiger partial charge in [-0.1, -0.05) is 28.4 Å². The van der Waals surface area contributed by atoms with E-state index in [2.05, 4.69) is 20.4 Å². The Balaban J connectivity index is 1.09. The van der Waals surface area contributed by atoms with Crippen molar-refractivity contribution in [3.05, 3.63) is 58.4 Å². The highest BCUT2D eigenvalue weighted by atomic mass is 35.5. The molecule has 1 amide bonds. The van der Waals surface area contributed by atoms with Crippen LogP contribution in [0, 0.1) is 5.92 Å². The molecule has 7 nitrogen and oxygen atoms in total. The SMILES string of the molecule is O=C(Nc1ccc(OC2CCCC2)cc1)C1CCN(Cc2nc(-c3ccc(Cl)cc3Cl)no2)CC1. The van der Waals surface area contributed by atoms with E-state index in [1.807, 2.05) is 24.3 Å². The lowest BCUT2D eigenvalue weighted by Gasteiger charge is -2.30. The Labute approximate surface area is 214 Å². The average Bonchev–Trinajstić information content (AvgIpc) is 3.53. The quantitative estimate of drug-likeness (QED) is 0.403. The Morgan fingerprint density at radius 3 is 2.51 bits per heavy atom. The molecule has 0 radical (unpaired) electrons. The van der Waals surface area contributed by atoms with Crippen LogP contribution in [0.15, 0.2) is 47.0 Å². The summed E-state index contributed by atoms with van der Waals surface area (Å²) >= 11 is 12.2. The van der Waals surface area contributed by atoms with Crippen LogP contribution in [0.1, 0.15) is 44.4 Å². The van der Waals surface area contributed by atoms with Gasteiger partial charge in [0.15, 0.2) is 0 Å². The van der Waals surface area contributed by atoms with Gasteiger partial charge in [0, 0.05) is 22.2 Å². The Kier molecular flexibility index (Phi) is 7.56. The largest absolute Gasteiger partial charge is 0.490 e. The van der Waals surface area contributed by atoms with Gasteiger partial charge >= 0.3 is 0 Å². The molecular weight excluding hydrogens is 487 g/mol. The van der Waals surface area contributed by atoms with Crippen molar-refractivity contribution in [2.24, 2.45) is 5.92 Å². The third-order valence-corrected chi connectivity index (χ3v) is 7.23. The molecule has 184 valence electrons. The number of likely N-dealkylation sites (tertiary alicyclic amines) is 1. The number of benzene rings is 2. The molecule has 5 rings (SSSR count). The normalized spacial score (nSPS) is 17.5. The number of hydrogen-bond donors (Lipinski definition) is 1. The zero-order chi connectivity index (χ0) is 24.2. The maximum absolute atomic E-state index is 12.8. The van der Waals surface area contributed by atoms with Crippen molar-refractivity contribution < 1.29 is 14.1 Å². The maximum atomic E-state index is 12.8. The first-order valence-electron chi connectivity index (χ1n) is 12.1. The molecule has 2 aromatic carbocycles. The minimum atomic E-state index is -0.0215. The summed E-state index contributed by atoms with van der Waals surface area (Å²) in [5, 5.41) is 8.14. The lowest BCUT2D eigenvalue weighted by atomic mass is 9.96. The molecule has 1 aromatic heterocycles. The van der Waals surface area contributed by atoms with E-state index in [0.717, 1.165) is 50.2 Å². The van der Waals surface area contributed by atoms with Crippen LogP contribution < -0.4 is 10.1 Å². The highest BCUT2D eigenvalue weighted by molar-refractivity contribution is 6.36. The lowest BCUT2D eigenvalue weighted by Crippen LogP contribution is -2.37. The highest BCUT2D eigenvalue weighted by Gasteiger charge is 2.26. The number of nitrogens with zero attached hydrogens (tertiary/aromatic N) is 3. The van der Waals surface area contributed by atoms with E-state index in [9.17, 15) is 4.79 Å². The number of nitrogens with one attached hydrogen (secondary N) is 1. The van der Waals surface area contributed by atoms with Crippen molar-refractivity contribution in [3.8, 4) is 17.1 Å². The van der Waals surface area contributed by atoms with Crippen molar-refractivity contribution >= 4 is 34.8 Å².